The summed E-state index contributed by atoms with van der Waals surface area (Å²) < 4.78 is 0. The Labute approximate surface area is 72.4 Å². The van der Waals surface area contributed by atoms with Crippen LogP contribution < -0.4 is 0 Å². The van der Waals surface area contributed by atoms with Gasteiger partial charge in [-0.15, -0.1) is 0 Å². The maximum Gasteiger partial charge on any atom is 0.193 e. The first-order chi connectivity index (χ1) is 5.86. The summed E-state index contributed by atoms with van der Waals surface area (Å²) in [7, 11) is 0. The molecule has 0 bridgehead atoms. The molecule has 0 fully saturated rings. The first-order valence-corrected chi connectivity index (χ1v) is 3.91. The third kappa shape index (κ3) is 2.25. The molecule has 0 N–H and O–H groups in total. The van der Waals surface area contributed by atoms with E-state index in [1.807, 2.05) is 24.3 Å². The van der Waals surface area contributed by atoms with Crippen LogP contribution in [-0.4, -0.2) is 6.29 Å². The van der Waals surface area contributed by atoms with E-state index in [4.69, 9.17) is 0 Å². The van der Waals surface area contributed by atoms with Gasteiger partial charge in [0.15, 0.2) is 6.29 Å². The van der Waals surface area contributed by atoms with Gasteiger partial charge in [0.05, 0.1) is 0 Å². The van der Waals surface area contributed by atoms with Crippen LogP contribution in [0.3, 0.4) is 0 Å². The molecule has 0 atom stereocenters. The Kier molecular flexibility index (Phi) is 3.10. The van der Waals surface area contributed by atoms with Crippen LogP contribution in [0.2, 0.25) is 0 Å². The van der Waals surface area contributed by atoms with E-state index in [2.05, 4.69) is 18.8 Å². The molecule has 1 rings (SSSR count). The Morgan fingerprint density at radius 3 is 3.00 bits per heavy atom. The standard InChI is InChI=1S/C11H10O/c1-2-10-5-3-6-11(9-10)7-4-8-12/h3,5-6,8-9H,2H2,1H3. The van der Waals surface area contributed by atoms with Crippen molar-refractivity contribution < 1.29 is 4.79 Å². The number of hydrogen-bond donors (Lipinski definition) is 0. The van der Waals surface area contributed by atoms with Crippen LogP contribution in [0.25, 0.3) is 0 Å². The highest BCUT2D eigenvalue weighted by Crippen LogP contribution is 2.03. The van der Waals surface area contributed by atoms with Gasteiger partial charge in [-0.1, -0.05) is 25.0 Å². The van der Waals surface area contributed by atoms with Crippen LogP contribution in [0.4, 0.5) is 0 Å². The summed E-state index contributed by atoms with van der Waals surface area (Å²) in [6.45, 7) is 2.09. The Balaban J connectivity index is 2.93. The molecule has 1 nitrogen and oxygen atoms in total. The molecule has 0 spiro atoms. The number of aryl methyl sites for hydroxylation is 1. The Bertz CT molecular complexity index is 328. The van der Waals surface area contributed by atoms with Crippen molar-refractivity contribution in [1.29, 1.82) is 0 Å². The second-order valence-corrected chi connectivity index (χ2v) is 2.44. The largest absolute Gasteiger partial charge is 0.289 e. The summed E-state index contributed by atoms with van der Waals surface area (Å²) in [4.78, 5) is 9.96. The van der Waals surface area contributed by atoms with Crippen molar-refractivity contribution >= 4 is 6.29 Å². The van der Waals surface area contributed by atoms with E-state index < -0.39 is 0 Å². The monoisotopic (exact) mass is 158 g/mol. The van der Waals surface area contributed by atoms with Gasteiger partial charge in [0.25, 0.3) is 0 Å². The smallest absolute Gasteiger partial charge is 0.193 e. The molecule has 1 aromatic rings. The summed E-state index contributed by atoms with van der Waals surface area (Å²) in [5.41, 5.74) is 2.15. The van der Waals surface area contributed by atoms with E-state index >= 15 is 0 Å². The third-order valence-electron chi connectivity index (χ3n) is 1.61. The molecule has 60 valence electrons. The number of aldehydes is 1. The second-order valence-electron chi connectivity index (χ2n) is 2.44. The predicted molar refractivity (Wildman–Crippen MR) is 48.8 cm³/mol. The number of rotatable bonds is 1. The lowest BCUT2D eigenvalue weighted by Gasteiger charge is -1.95. The van der Waals surface area contributed by atoms with Crippen LogP contribution >= 0.6 is 0 Å². The Morgan fingerprint density at radius 1 is 1.50 bits per heavy atom. The van der Waals surface area contributed by atoms with Crippen molar-refractivity contribution in [3.8, 4) is 11.8 Å². The molecule has 0 unspecified atom stereocenters. The molecule has 0 heterocycles. The molecular formula is C11H10O. The first-order valence-electron chi connectivity index (χ1n) is 3.91. The van der Waals surface area contributed by atoms with Gasteiger partial charge in [0.1, 0.15) is 0 Å². The number of hydrogen-bond acceptors (Lipinski definition) is 1. The molecule has 0 aliphatic heterocycles. The quantitative estimate of drug-likeness (QED) is 0.450. The molecule has 12 heavy (non-hydrogen) atoms. The maximum atomic E-state index is 9.96. The molecule has 0 aromatic heterocycles. The van der Waals surface area contributed by atoms with Gasteiger partial charge in [0, 0.05) is 5.56 Å². The van der Waals surface area contributed by atoms with E-state index in [0.717, 1.165) is 12.0 Å². The molecule has 0 radical (unpaired) electrons. The molecule has 0 saturated carbocycles. The van der Waals surface area contributed by atoms with Gasteiger partial charge >= 0.3 is 0 Å². The fraction of sp³-hybridized carbons (Fsp3) is 0.182. The summed E-state index contributed by atoms with van der Waals surface area (Å²) in [5, 5.41) is 0. The summed E-state index contributed by atoms with van der Waals surface area (Å²) in [6.07, 6.45) is 1.61. The van der Waals surface area contributed by atoms with Crippen LogP contribution in [0.1, 0.15) is 18.1 Å². The van der Waals surface area contributed by atoms with Crippen LogP contribution in [-0.2, 0) is 11.2 Å². The first kappa shape index (κ1) is 8.55. The average Bonchev–Trinajstić information content (AvgIpc) is 2.15. The van der Waals surface area contributed by atoms with Crippen LogP contribution in [0, 0.1) is 11.8 Å². The minimum absolute atomic E-state index is 0.610. The zero-order valence-corrected chi connectivity index (χ0v) is 7.00. The van der Waals surface area contributed by atoms with E-state index in [9.17, 15) is 4.79 Å². The molecule has 1 aromatic carbocycles. The SMILES string of the molecule is CCc1cccc(C#CC=O)c1. The van der Waals surface area contributed by atoms with Crippen molar-refractivity contribution in [1.82, 2.24) is 0 Å². The third-order valence-corrected chi connectivity index (χ3v) is 1.61. The summed E-state index contributed by atoms with van der Waals surface area (Å²) in [5.74, 6) is 5.14. The topological polar surface area (TPSA) is 17.1 Å². The number of benzene rings is 1. The van der Waals surface area contributed by atoms with E-state index in [1.165, 1.54) is 5.56 Å². The highest BCUT2D eigenvalue weighted by molar-refractivity contribution is 5.73. The van der Waals surface area contributed by atoms with Crippen molar-refractivity contribution in [2.75, 3.05) is 0 Å². The van der Waals surface area contributed by atoms with Crippen LogP contribution in [0.15, 0.2) is 24.3 Å². The van der Waals surface area contributed by atoms with Crippen molar-refractivity contribution in [3.05, 3.63) is 35.4 Å². The normalized spacial score (nSPS) is 8.42. The second kappa shape index (κ2) is 4.35. The molecular weight excluding hydrogens is 148 g/mol. The average molecular weight is 158 g/mol. The summed E-state index contributed by atoms with van der Waals surface area (Å²) >= 11 is 0. The fourth-order valence-corrected chi connectivity index (χ4v) is 0.982. The van der Waals surface area contributed by atoms with Gasteiger partial charge in [-0.3, -0.25) is 4.79 Å². The highest BCUT2D eigenvalue weighted by Gasteiger charge is 1.88. The van der Waals surface area contributed by atoms with Crippen molar-refractivity contribution in [2.24, 2.45) is 0 Å². The van der Waals surface area contributed by atoms with E-state index in [1.54, 1.807) is 0 Å². The molecule has 1 heteroatoms. The molecule has 0 aliphatic rings. The number of carbonyl (C=O) groups is 1. The Morgan fingerprint density at radius 2 is 2.33 bits per heavy atom. The van der Waals surface area contributed by atoms with E-state index in [0.29, 0.717) is 6.29 Å². The van der Waals surface area contributed by atoms with Crippen molar-refractivity contribution in [2.45, 2.75) is 13.3 Å². The molecule has 0 saturated heterocycles. The van der Waals surface area contributed by atoms with Gasteiger partial charge < -0.3 is 0 Å². The van der Waals surface area contributed by atoms with E-state index in [-0.39, 0.29) is 0 Å². The summed E-state index contributed by atoms with van der Waals surface area (Å²) in [6, 6.07) is 7.89. The van der Waals surface area contributed by atoms with Crippen molar-refractivity contribution in [3.63, 3.8) is 0 Å². The minimum Gasteiger partial charge on any atom is -0.289 e. The minimum atomic E-state index is 0.610. The van der Waals surface area contributed by atoms with Gasteiger partial charge in [-0.25, -0.2) is 0 Å². The lowest BCUT2D eigenvalue weighted by molar-refractivity contribution is -0.103. The maximum absolute atomic E-state index is 9.96. The fourth-order valence-electron chi connectivity index (χ4n) is 0.982. The van der Waals surface area contributed by atoms with Gasteiger partial charge in [-0.2, -0.15) is 0 Å². The zero-order valence-electron chi connectivity index (χ0n) is 7.00. The molecule has 0 amide bonds. The lowest BCUT2D eigenvalue weighted by atomic mass is 10.1. The molecule has 0 aliphatic carbocycles. The lowest BCUT2D eigenvalue weighted by Crippen LogP contribution is -1.81. The number of carbonyl (C=O) groups excluding carboxylic acids is 1. The highest BCUT2D eigenvalue weighted by atomic mass is 16.1. The zero-order chi connectivity index (χ0) is 8.81. The van der Waals surface area contributed by atoms with Gasteiger partial charge in [-0.05, 0) is 30.0 Å². The van der Waals surface area contributed by atoms with Crippen LogP contribution in [0.5, 0.6) is 0 Å². The van der Waals surface area contributed by atoms with Gasteiger partial charge in [0.2, 0.25) is 0 Å². The Hall–Kier alpha value is -1.55. The predicted octanol–water partition coefficient (Wildman–Crippen LogP) is 1.80.